The Balaban J connectivity index is 1.60. The average Bonchev–Trinajstić information content (AvgIpc) is 2.87. The molecule has 0 amide bonds. The molecule has 32 heavy (non-hydrogen) atoms. The second-order valence-corrected chi connectivity index (χ2v) is 8.41. The molecule has 0 spiro atoms. The second-order valence-electron chi connectivity index (χ2n) is 8.41. The lowest BCUT2D eigenvalue weighted by Gasteiger charge is -2.24. The maximum Gasteiger partial charge on any atom is 0.194 e. The lowest BCUT2D eigenvalue weighted by atomic mass is 9.78. The first-order chi connectivity index (χ1) is 15.8. The number of carbonyl (C=O) groups is 1. The van der Waals surface area contributed by atoms with Crippen molar-refractivity contribution in [3.05, 3.63) is 131 Å². The minimum atomic E-state index is 0.145. The first-order valence-electron chi connectivity index (χ1n) is 11.1. The van der Waals surface area contributed by atoms with Crippen LogP contribution in [-0.2, 0) is 12.8 Å². The van der Waals surface area contributed by atoms with Crippen LogP contribution < -0.4 is 0 Å². The van der Waals surface area contributed by atoms with Crippen molar-refractivity contribution in [1.82, 2.24) is 0 Å². The highest BCUT2D eigenvalue weighted by atomic mass is 16.1. The molecule has 1 aliphatic carbocycles. The van der Waals surface area contributed by atoms with Gasteiger partial charge in [-0.25, -0.2) is 0 Å². The molecule has 1 nitrogen and oxygen atoms in total. The smallest absolute Gasteiger partial charge is 0.194 e. The van der Waals surface area contributed by atoms with E-state index in [1.54, 1.807) is 0 Å². The number of ketones is 1. The van der Waals surface area contributed by atoms with Crippen molar-refractivity contribution in [1.29, 1.82) is 0 Å². The fourth-order valence-corrected chi connectivity index (χ4v) is 5.03. The summed E-state index contributed by atoms with van der Waals surface area (Å²) < 4.78 is 0. The van der Waals surface area contributed by atoms with E-state index in [1.807, 2.05) is 30.3 Å². The molecule has 1 aliphatic rings. The molecule has 0 N–H and O–H groups in total. The van der Waals surface area contributed by atoms with E-state index in [1.165, 1.54) is 16.7 Å². The van der Waals surface area contributed by atoms with Gasteiger partial charge in [0.1, 0.15) is 0 Å². The summed E-state index contributed by atoms with van der Waals surface area (Å²) in [5.41, 5.74) is 8.65. The Hall–Kier alpha value is -3.97. The van der Waals surface area contributed by atoms with Gasteiger partial charge in [-0.15, -0.1) is 0 Å². The molecule has 1 heteroatoms. The van der Waals surface area contributed by atoms with Gasteiger partial charge in [0.2, 0.25) is 0 Å². The van der Waals surface area contributed by atoms with Crippen molar-refractivity contribution in [2.75, 3.05) is 0 Å². The van der Waals surface area contributed by atoms with Gasteiger partial charge < -0.3 is 0 Å². The third-order valence-corrected chi connectivity index (χ3v) is 6.57. The van der Waals surface area contributed by atoms with Gasteiger partial charge in [0.15, 0.2) is 5.78 Å². The summed E-state index contributed by atoms with van der Waals surface area (Å²) in [6.45, 7) is 0. The number of aryl methyl sites for hydroxylation is 2. The number of hydrogen-bond acceptors (Lipinski definition) is 1. The van der Waals surface area contributed by atoms with Gasteiger partial charge in [0, 0.05) is 16.5 Å². The molecule has 0 atom stereocenters. The minimum absolute atomic E-state index is 0.145. The van der Waals surface area contributed by atoms with Crippen LogP contribution in [0.3, 0.4) is 0 Å². The molecular weight excluding hydrogens is 388 g/mol. The predicted octanol–water partition coefficient (Wildman–Crippen LogP) is 7.50. The zero-order valence-electron chi connectivity index (χ0n) is 17.7. The summed E-state index contributed by atoms with van der Waals surface area (Å²) in [7, 11) is 0. The van der Waals surface area contributed by atoms with Crippen LogP contribution in [0.15, 0.2) is 109 Å². The van der Waals surface area contributed by atoms with Crippen molar-refractivity contribution in [3.8, 4) is 22.3 Å². The van der Waals surface area contributed by atoms with Gasteiger partial charge in [0.25, 0.3) is 0 Å². The third kappa shape index (κ3) is 2.98. The second kappa shape index (κ2) is 7.62. The van der Waals surface area contributed by atoms with E-state index < -0.39 is 0 Å². The average molecular weight is 411 g/mol. The lowest BCUT2D eigenvalue weighted by Crippen LogP contribution is -2.13. The molecule has 5 aromatic carbocycles. The van der Waals surface area contributed by atoms with Crippen LogP contribution in [0.1, 0.15) is 27.0 Å². The van der Waals surface area contributed by atoms with Crippen LogP contribution in [0.25, 0.3) is 33.0 Å². The molecule has 0 bridgehead atoms. The van der Waals surface area contributed by atoms with Crippen LogP contribution >= 0.6 is 0 Å². The number of rotatable bonds is 4. The van der Waals surface area contributed by atoms with E-state index in [0.29, 0.717) is 0 Å². The topological polar surface area (TPSA) is 17.1 Å². The maximum atomic E-state index is 13.8. The molecule has 152 valence electrons. The van der Waals surface area contributed by atoms with E-state index in [4.69, 9.17) is 0 Å². The Morgan fingerprint density at radius 1 is 0.500 bits per heavy atom. The fraction of sp³-hybridized carbons (Fsp3) is 0.0645. The first kappa shape index (κ1) is 18.8. The van der Waals surface area contributed by atoms with E-state index >= 15 is 0 Å². The lowest BCUT2D eigenvalue weighted by molar-refractivity contribution is 0.103. The number of fused-ring (bicyclic) bond motifs is 2. The van der Waals surface area contributed by atoms with Gasteiger partial charge in [0.05, 0.1) is 0 Å². The molecule has 0 unspecified atom stereocenters. The first-order valence-corrected chi connectivity index (χ1v) is 11.1. The Labute approximate surface area is 188 Å². The van der Waals surface area contributed by atoms with Crippen LogP contribution in [0.5, 0.6) is 0 Å². The number of hydrogen-bond donors (Lipinski definition) is 0. The Morgan fingerprint density at radius 2 is 1.16 bits per heavy atom. The summed E-state index contributed by atoms with van der Waals surface area (Å²) in [6.07, 6.45) is 1.76. The summed E-state index contributed by atoms with van der Waals surface area (Å²) in [5, 5.41) is 2.25. The van der Waals surface area contributed by atoms with Crippen molar-refractivity contribution in [3.63, 3.8) is 0 Å². The summed E-state index contributed by atoms with van der Waals surface area (Å²) in [4.78, 5) is 13.8. The molecule has 6 rings (SSSR count). The molecule has 0 aromatic heterocycles. The Morgan fingerprint density at radius 3 is 1.94 bits per heavy atom. The Bertz CT molecular complexity index is 1460. The predicted molar refractivity (Wildman–Crippen MR) is 132 cm³/mol. The molecule has 0 saturated carbocycles. The number of benzene rings is 5. The van der Waals surface area contributed by atoms with Crippen molar-refractivity contribution >= 4 is 16.6 Å². The van der Waals surface area contributed by atoms with Crippen molar-refractivity contribution in [2.45, 2.75) is 12.8 Å². The third-order valence-electron chi connectivity index (χ3n) is 6.57. The summed E-state index contributed by atoms with van der Waals surface area (Å²) in [6, 6.07) is 37.7. The van der Waals surface area contributed by atoms with Gasteiger partial charge in [-0.2, -0.15) is 0 Å². The van der Waals surface area contributed by atoms with Gasteiger partial charge in [-0.3, -0.25) is 4.79 Å². The number of carbonyl (C=O) groups excluding carboxylic acids is 1. The zero-order valence-corrected chi connectivity index (χ0v) is 17.7. The van der Waals surface area contributed by atoms with Crippen LogP contribution in [0.4, 0.5) is 0 Å². The van der Waals surface area contributed by atoms with E-state index in [9.17, 15) is 4.79 Å². The summed E-state index contributed by atoms with van der Waals surface area (Å²) >= 11 is 0. The minimum Gasteiger partial charge on any atom is -0.289 e. The van der Waals surface area contributed by atoms with Crippen LogP contribution in [-0.4, -0.2) is 5.78 Å². The maximum absolute atomic E-state index is 13.8. The highest BCUT2D eigenvalue weighted by molar-refractivity contribution is 6.28. The molecule has 0 aliphatic heterocycles. The standard InChI is InChI=1S/C31H22O/c32-31-28-14-8-7-13-25(28)27-20-19-24(22-11-5-2-6-12-22)26-18-17-23(29(31)30(26)27)16-15-21-9-3-1-4-10-21/h1-14,17-20H,15-16H2. The van der Waals surface area contributed by atoms with Crippen molar-refractivity contribution < 1.29 is 4.79 Å². The Kier molecular flexibility index (Phi) is 4.47. The zero-order chi connectivity index (χ0) is 21.5. The van der Waals surface area contributed by atoms with E-state index in [0.717, 1.165) is 51.4 Å². The molecule has 5 aromatic rings. The molecule has 0 fully saturated rings. The van der Waals surface area contributed by atoms with Gasteiger partial charge in [-0.1, -0.05) is 109 Å². The molecule has 0 heterocycles. The fourth-order valence-electron chi connectivity index (χ4n) is 5.03. The van der Waals surface area contributed by atoms with Crippen LogP contribution in [0.2, 0.25) is 0 Å². The van der Waals surface area contributed by atoms with E-state index in [-0.39, 0.29) is 5.78 Å². The van der Waals surface area contributed by atoms with Crippen LogP contribution in [0, 0.1) is 0 Å². The highest BCUT2D eigenvalue weighted by Gasteiger charge is 2.28. The van der Waals surface area contributed by atoms with E-state index in [2.05, 4.69) is 78.9 Å². The quantitative estimate of drug-likeness (QED) is 0.294. The summed E-state index contributed by atoms with van der Waals surface area (Å²) in [5.74, 6) is 0.145. The largest absolute Gasteiger partial charge is 0.289 e. The highest BCUT2D eigenvalue weighted by Crippen LogP contribution is 2.44. The van der Waals surface area contributed by atoms with Gasteiger partial charge in [-0.05, 0) is 51.6 Å². The normalized spacial score (nSPS) is 12.1. The molecule has 0 radical (unpaired) electrons. The van der Waals surface area contributed by atoms with Crippen molar-refractivity contribution in [2.24, 2.45) is 0 Å². The SMILES string of the molecule is O=C1c2ccccc2-c2ccc(-c3ccccc3)c3ccc(CCc4ccccc4)c1c23. The van der Waals surface area contributed by atoms with Gasteiger partial charge >= 0.3 is 0 Å². The molecular formula is C31H22O. The monoisotopic (exact) mass is 410 g/mol. The molecule has 0 saturated heterocycles.